The summed E-state index contributed by atoms with van der Waals surface area (Å²) in [6.45, 7) is 0.411. The maximum Gasteiger partial charge on any atom is 0.319 e. The number of hydrogen-bond acceptors (Lipinski definition) is 5. The number of hydrogen-bond donors (Lipinski definition) is 3. The van der Waals surface area contributed by atoms with Crippen LogP contribution in [0, 0.1) is 0 Å². The highest BCUT2D eigenvalue weighted by molar-refractivity contribution is 7.97. The van der Waals surface area contributed by atoms with Gasteiger partial charge in [-0.1, -0.05) is 12.1 Å². The Morgan fingerprint density at radius 3 is 3.00 bits per heavy atom. The molecule has 1 heterocycles. The number of benzene rings is 1. The van der Waals surface area contributed by atoms with Crippen molar-refractivity contribution in [3.63, 3.8) is 0 Å². The summed E-state index contributed by atoms with van der Waals surface area (Å²) in [7, 11) is 1.82. The molecule has 0 unspecified atom stereocenters. The molecule has 0 spiro atoms. The molecule has 21 heavy (non-hydrogen) atoms. The van der Waals surface area contributed by atoms with Gasteiger partial charge in [0, 0.05) is 23.9 Å². The van der Waals surface area contributed by atoms with Crippen LogP contribution in [-0.4, -0.2) is 24.3 Å². The van der Waals surface area contributed by atoms with Crippen LogP contribution < -0.4 is 16.0 Å². The first-order valence-corrected chi connectivity index (χ1v) is 8.73. The van der Waals surface area contributed by atoms with Gasteiger partial charge in [-0.25, -0.2) is 9.78 Å². The third-order valence-electron chi connectivity index (χ3n) is 2.69. The Kier molecular flexibility index (Phi) is 5.89. The fourth-order valence-electron chi connectivity index (χ4n) is 1.75. The summed E-state index contributed by atoms with van der Waals surface area (Å²) in [5.74, 6) is 0.933. The van der Waals surface area contributed by atoms with Gasteiger partial charge in [0.05, 0.1) is 12.2 Å². The molecule has 0 radical (unpaired) electrons. The minimum absolute atomic E-state index is 0.227. The van der Waals surface area contributed by atoms with Crippen molar-refractivity contribution in [1.29, 1.82) is 0 Å². The number of rotatable bonds is 6. The summed E-state index contributed by atoms with van der Waals surface area (Å²) < 4.78 is 0. The summed E-state index contributed by atoms with van der Waals surface area (Å²) in [5.41, 5.74) is 2.84. The number of nitrogens with one attached hydrogen (secondary N) is 3. The Labute approximate surface area is 132 Å². The van der Waals surface area contributed by atoms with Crippen LogP contribution in [0.3, 0.4) is 0 Å². The molecule has 0 saturated heterocycles. The van der Waals surface area contributed by atoms with Gasteiger partial charge in [0.2, 0.25) is 0 Å². The zero-order chi connectivity index (χ0) is 15.1. The van der Waals surface area contributed by atoms with Crippen molar-refractivity contribution in [2.45, 2.75) is 12.3 Å². The predicted molar refractivity (Wildman–Crippen MR) is 91.2 cm³/mol. The number of carbonyl (C=O) groups excluding carboxylic acids is 1. The van der Waals surface area contributed by atoms with Crippen molar-refractivity contribution in [3.8, 4) is 0 Å². The first kappa shape index (κ1) is 15.7. The number of aromatic nitrogens is 1. The van der Waals surface area contributed by atoms with Crippen LogP contribution >= 0.6 is 23.1 Å². The summed E-state index contributed by atoms with van der Waals surface area (Å²) in [6, 6.07) is 7.63. The Morgan fingerprint density at radius 2 is 2.29 bits per heavy atom. The molecule has 0 bridgehead atoms. The highest BCUT2D eigenvalue weighted by atomic mass is 32.2. The lowest BCUT2D eigenvalue weighted by Crippen LogP contribution is -2.28. The Balaban J connectivity index is 1.85. The van der Waals surface area contributed by atoms with Gasteiger partial charge in [0.1, 0.15) is 0 Å². The van der Waals surface area contributed by atoms with E-state index in [4.69, 9.17) is 0 Å². The SMILES string of the molecule is CNc1nc(CNC(=O)Nc2cccc(CSC)c2)cs1. The van der Waals surface area contributed by atoms with Gasteiger partial charge in [-0.15, -0.1) is 11.3 Å². The van der Waals surface area contributed by atoms with Crippen molar-refractivity contribution in [2.24, 2.45) is 0 Å². The van der Waals surface area contributed by atoms with Crippen molar-refractivity contribution in [1.82, 2.24) is 10.3 Å². The minimum Gasteiger partial charge on any atom is -0.365 e. The van der Waals surface area contributed by atoms with E-state index in [0.717, 1.165) is 22.3 Å². The van der Waals surface area contributed by atoms with Crippen LogP contribution in [0.2, 0.25) is 0 Å². The van der Waals surface area contributed by atoms with Crippen LogP contribution in [-0.2, 0) is 12.3 Å². The van der Waals surface area contributed by atoms with E-state index in [1.165, 1.54) is 16.9 Å². The number of urea groups is 1. The summed E-state index contributed by atoms with van der Waals surface area (Å²) in [5, 5.41) is 11.4. The van der Waals surface area contributed by atoms with Crippen LogP contribution in [0.5, 0.6) is 0 Å². The molecule has 7 heteroatoms. The molecule has 2 rings (SSSR count). The standard InChI is InChI=1S/C14H18N4OS2/c1-15-14-18-12(9-21-14)7-16-13(19)17-11-5-3-4-10(6-11)8-20-2/h3-6,9H,7-8H2,1-2H3,(H,15,18)(H2,16,17,19). The van der Waals surface area contributed by atoms with Gasteiger partial charge in [0.15, 0.2) is 5.13 Å². The van der Waals surface area contributed by atoms with Crippen LogP contribution in [0.25, 0.3) is 0 Å². The van der Waals surface area contributed by atoms with E-state index in [9.17, 15) is 4.79 Å². The zero-order valence-electron chi connectivity index (χ0n) is 12.0. The lowest BCUT2D eigenvalue weighted by molar-refractivity contribution is 0.251. The second-order valence-corrected chi connectivity index (χ2v) is 6.06. The van der Waals surface area contributed by atoms with Gasteiger partial charge in [-0.2, -0.15) is 11.8 Å². The second kappa shape index (κ2) is 7.90. The van der Waals surface area contributed by atoms with Crippen molar-refractivity contribution >= 4 is 39.9 Å². The molecule has 112 valence electrons. The largest absolute Gasteiger partial charge is 0.365 e. The molecule has 2 aromatic rings. The van der Waals surface area contributed by atoms with Gasteiger partial charge < -0.3 is 16.0 Å². The van der Waals surface area contributed by atoms with E-state index in [1.807, 2.05) is 36.7 Å². The van der Waals surface area contributed by atoms with E-state index in [2.05, 4.69) is 27.2 Å². The highest BCUT2D eigenvalue weighted by Gasteiger charge is 2.05. The number of carbonyl (C=O) groups is 1. The average Bonchev–Trinajstić information content (AvgIpc) is 2.94. The second-order valence-electron chi connectivity index (χ2n) is 4.34. The zero-order valence-corrected chi connectivity index (χ0v) is 13.6. The van der Waals surface area contributed by atoms with Gasteiger partial charge in [0.25, 0.3) is 0 Å². The maximum absolute atomic E-state index is 11.9. The molecular weight excluding hydrogens is 304 g/mol. The molecule has 0 aliphatic heterocycles. The molecule has 5 nitrogen and oxygen atoms in total. The van der Waals surface area contributed by atoms with E-state index in [0.29, 0.717) is 6.54 Å². The minimum atomic E-state index is -0.227. The Bertz CT molecular complexity index is 600. The van der Waals surface area contributed by atoms with Gasteiger partial charge >= 0.3 is 6.03 Å². The van der Waals surface area contributed by atoms with Crippen molar-refractivity contribution in [2.75, 3.05) is 23.9 Å². The first-order chi connectivity index (χ1) is 10.2. The number of amides is 2. The maximum atomic E-state index is 11.9. The Morgan fingerprint density at radius 1 is 1.43 bits per heavy atom. The lowest BCUT2D eigenvalue weighted by atomic mass is 10.2. The monoisotopic (exact) mass is 322 g/mol. The average molecular weight is 322 g/mol. The van der Waals surface area contributed by atoms with E-state index in [-0.39, 0.29) is 6.03 Å². The highest BCUT2D eigenvalue weighted by Crippen LogP contribution is 2.15. The number of thiazole rings is 1. The van der Waals surface area contributed by atoms with E-state index in [1.54, 1.807) is 11.8 Å². The van der Waals surface area contributed by atoms with Crippen LogP contribution in [0.1, 0.15) is 11.3 Å². The molecule has 0 saturated carbocycles. The fourth-order valence-corrected chi connectivity index (χ4v) is 2.94. The number of anilines is 2. The van der Waals surface area contributed by atoms with Gasteiger partial charge in [-0.3, -0.25) is 0 Å². The molecule has 1 aromatic carbocycles. The van der Waals surface area contributed by atoms with Gasteiger partial charge in [-0.05, 0) is 24.0 Å². The molecule has 3 N–H and O–H groups in total. The summed E-state index contributed by atoms with van der Waals surface area (Å²) >= 11 is 3.27. The third kappa shape index (κ3) is 4.95. The van der Waals surface area contributed by atoms with Crippen molar-refractivity contribution in [3.05, 3.63) is 40.9 Å². The topological polar surface area (TPSA) is 66.0 Å². The molecule has 0 aliphatic carbocycles. The van der Waals surface area contributed by atoms with E-state index >= 15 is 0 Å². The molecule has 1 aromatic heterocycles. The quantitative estimate of drug-likeness (QED) is 0.763. The number of nitrogens with zero attached hydrogens (tertiary/aromatic N) is 1. The predicted octanol–water partition coefficient (Wildman–Crippen LogP) is 3.37. The summed E-state index contributed by atoms with van der Waals surface area (Å²) in [4.78, 5) is 16.2. The van der Waals surface area contributed by atoms with E-state index < -0.39 is 0 Å². The molecule has 0 aliphatic rings. The normalized spacial score (nSPS) is 10.2. The van der Waals surface area contributed by atoms with Crippen LogP contribution in [0.4, 0.5) is 15.6 Å². The van der Waals surface area contributed by atoms with Crippen LogP contribution in [0.15, 0.2) is 29.6 Å². The van der Waals surface area contributed by atoms with Crippen molar-refractivity contribution < 1.29 is 4.79 Å². The third-order valence-corrected chi connectivity index (χ3v) is 4.22. The molecule has 0 fully saturated rings. The fraction of sp³-hybridized carbons (Fsp3) is 0.286. The lowest BCUT2D eigenvalue weighted by Gasteiger charge is -2.08. The molecular formula is C14H18N4OS2. The first-order valence-electron chi connectivity index (χ1n) is 6.46. The summed E-state index contributed by atoms with van der Waals surface area (Å²) in [6.07, 6.45) is 2.06. The smallest absolute Gasteiger partial charge is 0.319 e. The molecule has 0 atom stereocenters. The Hall–Kier alpha value is -1.73. The number of thioether (sulfide) groups is 1. The molecule has 2 amide bonds.